The first kappa shape index (κ1) is 46.0. The normalized spacial score (nSPS) is 19.5. The summed E-state index contributed by atoms with van der Waals surface area (Å²) in [4.78, 5) is 65.5. The molecule has 13 nitrogen and oxygen atoms in total. The third-order valence-corrected chi connectivity index (χ3v) is 12.0. The van der Waals surface area contributed by atoms with Crippen molar-refractivity contribution in [1.82, 2.24) is 30.3 Å². The standard InChI is InChI=1S/C41H67N7O6S/c1-12-26(4)36(47(9)41(52)34(28(6)42)45-39(51)35(25(2)3)46(7)8)32(53-10)24-33(49)48-21-16-19-31(48)37(54-11)27(5)38(50)44-30(40-43-20-22-55-40)23-29-17-14-13-15-18-29/h13-15,17-18,20,22,25-28,30-32,34-37H,12,16,19,21,23-24,42H2,1-11H3,(H,44,50)(H,45,51)/t26-,27+,28-,30-,31?,32+,34-,35?,36-,37+/m0/s1. The van der Waals surface area contributed by atoms with Gasteiger partial charge in [0.25, 0.3) is 0 Å². The number of thiazole rings is 1. The van der Waals surface area contributed by atoms with E-state index >= 15 is 0 Å². The van der Waals surface area contributed by atoms with E-state index in [0.717, 1.165) is 23.4 Å². The van der Waals surface area contributed by atoms with Crippen LogP contribution in [-0.2, 0) is 35.1 Å². The van der Waals surface area contributed by atoms with Crippen molar-refractivity contribution >= 4 is 35.0 Å². The summed E-state index contributed by atoms with van der Waals surface area (Å²) in [6, 6.07) is 6.78. The van der Waals surface area contributed by atoms with Gasteiger partial charge < -0.3 is 35.6 Å². The SMILES string of the molecule is CC[C@H](C)[C@@H]([C@@H](CC(=O)N1CCCC1[C@H](OC)[C@@H](C)C(=O)N[C@@H](Cc1ccccc1)c1nccs1)OC)N(C)C(=O)[C@@H](NC(=O)C(C(C)C)N(C)C)[C@H](C)N. The minimum absolute atomic E-state index is 0.0119. The number of rotatable bonds is 21. The highest BCUT2D eigenvalue weighted by atomic mass is 32.1. The van der Waals surface area contributed by atoms with E-state index in [4.69, 9.17) is 15.2 Å². The summed E-state index contributed by atoms with van der Waals surface area (Å²) in [5.74, 6) is -1.52. The molecule has 0 bridgehead atoms. The van der Waals surface area contributed by atoms with Crippen molar-refractivity contribution < 1.29 is 28.7 Å². The number of likely N-dealkylation sites (N-methyl/N-ethyl adjacent to an activating group) is 2. The lowest BCUT2D eigenvalue weighted by atomic mass is 9.89. The molecule has 2 aromatic rings. The average molecular weight is 786 g/mol. The molecule has 0 radical (unpaired) electrons. The van der Waals surface area contributed by atoms with Crippen LogP contribution in [0.5, 0.6) is 0 Å². The molecule has 2 heterocycles. The van der Waals surface area contributed by atoms with Gasteiger partial charge in [-0.05, 0) is 57.7 Å². The first-order chi connectivity index (χ1) is 26.1. The molecule has 10 atom stereocenters. The number of nitrogens with two attached hydrogens (primary N) is 1. The van der Waals surface area contributed by atoms with Crippen LogP contribution in [0.1, 0.15) is 83.8 Å². The summed E-state index contributed by atoms with van der Waals surface area (Å²) in [6.45, 7) is 12.1. The number of ether oxygens (including phenoxy) is 2. The second kappa shape index (κ2) is 21.8. The number of carbonyl (C=O) groups excluding carboxylic acids is 4. The number of hydrogen-bond donors (Lipinski definition) is 3. The van der Waals surface area contributed by atoms with Crippen LogP contribution >= 0.6 is 11.3 Å². The molecule has 0 aliphatic carbocycles. The third kappa shape index (κ3) is 12.0. The van der Waals surface area contributed by atoms with Gasteiger partial charge in [0, 0.05) is 45.4 Å². The number of methoxy groups -OCH3 is 2. The number of benzene rings is 1. The van der Waals surface area contributed by atoms with E-state index in [0.29, 0.717) is 19.4 Å². The van der Waals surface area contributed by atoms with Gasteiger partial charge in [0.2, 0.25) is 23.6 Å². The maximum atomic E-state index is 14.3. The molecule has 1 fully saturated rings. The summed E-state index contributed by atoms with van der Waals surface area (Å²) in [5, 5.41) is 8.88. The van der Waals surface area contributed by atoms with Crippen molar-refractivity contribution in [3.63, 3.8) is 0 Å². The molecule has 1 saturated heterocycles. The average Bonchev–Trinajstić information content (AvgIpc) is 3.87. The topological polar surface area (TPSA) is 159 Å². The fraction of sp³-hybridized carbons (Fsp3) is 0.683. The predicted molar refractivity (Wildman–Crippen MR) is 217 cm³/mol. The highest BCUT2D eigenvalue weighted by Gasteiger charge is 2.43. The van der Waals surface area contributed by atoms with E-state index in [2.05, 4.69) is 15.6 Å². The zero-order valence-corrected chi connectivity index (χ0v) is 35.7. The summed E-state index contributed by atoms with van der Waals surface area (Å²) in [5.41, 5.74) is 7.42. The van der Waals surface area contributed by atoms with Gasteiger partial charge in [-0.15, -0.1) is 11.3 Å². The number of nitrogens with one attached hydrogen (secondary N) is 2. The molecule has 4 amide bonds. The fourth-order valence-corrected chi connectivity index (χ4v) is 8.76. The zero-order valence-electron chi connectivity index (χ0n) is 34.9. The van der Waals surface area contributed by atoms with E-state index < -0.39 is 42.3 Å². The molecule has 14 heteroatoms. The molecular formula is C41H67N7O6S. The summed E-state index contributed by atoms with van der Waals surface area (Å²) >= 11 is 1.50. The molecule has 1 aromatic heterocycles. The minimum atomic E-state index is -0.973. The lowest BCUT2D eigenvalue weighted by Gasteiger charge is -2.41. The predicted octanol–water partition coefficient (Wildman–Crippen LogP) is 3.88. The third-order valence-electron chi connectivity index (χ3n) is 11.2. The molecule has 2 unspecified atom stereocenters. The molecule has 3 rings (SSSR count). The minimum Gasteiger partial charge on any atom is -0.379 e. The van der Waals surface area contributed by atoms with Crippen LogP contribution in [0.2, 0.25) is 0 Å². The molecule has 1 aliphatic heterocycles. The van der Waals surface area contributed by atoms with E-state index in [-0.39, 0.29) is 54.0 Å². The Morgan fingerprint density at radius 2 is 1.67 bits per heavy atom. The Morgan fingerprint density at radius 1 is 1.00 bits per heavy atom. The number of carbonyl (C=O) groups is 4. The molecule has 308 valence electrons. The highest BCUT2D eigenvalue weighted by molar-refractivity contribution is 7.09. The first-order valence-electron chi connectivity index (χ1n) is 19.6. The summed E-state index contributed by atoms with van der Waals surface area (Å²) in [6.07, 6.45) is 3.33. The Kier molecular flexibility index (Phi) is 18.2. The molecule has 0 saturated carbocycles. The Balaban J connectivity index is 1.79. The molecule has 1 aromatic carbocycles. The second-order valence-electron chi connectivity index (χ2n) is 15.7. The van der Waals surface area contributed by atoms with Gasteiger partial charge in [-0.2, -0.15) is 0 Å². The van der Waals surface area contributed by atoms with Crippen LogP contribution in [-0.4, -0.2) is 128 Å². The smallest absolute Gasteiger partial charge is 0.246 e. The summed E-state index contributed by atoms with van der Waals surface area (Å²) < 4.78 is 12.0. The quantitative estimate of drug-likeness (QED) is 0.171. The number of amides is 4. The maximum Gasteiger partial charge on any atom is 0.246 e. The zero-order chi connectivity index (χ0) is 41.0. The number of hydrogen-bond acceptors (Lipinski definition) is 10. The van der Waals surface area contributed by atoms with E-state index in [1.54, 1.807) is 39.3 Å². The van der Waals surface area contributed by atoms with Crippen LogP contribution in [0.15, 0.2) is 41.9 Å². The monoisotopic (exact) mass is 785 g/mol. The fourth-order valence-electron chi connectivity index (χ4n) is 8.08. The van der Waals surface area contributed by atoms with Crippen LogP contribution in [0, 0.1) is 17.8 Å². The first-order valence-corrected chi connectivity index (χ1v) is 20.5. The van der Waals surface area contributed by atoms with Gasteiger partial charge in [-0.3, -0.25) is 24.1 Å². The summed E-state index contributed by atoms with van der Waals surface area (Å²) in [7, 11) is 8.51. The second-order valence-corrected chi connectivity index (χ2v) is 16.6. The molecule has 1 aliphatic rings. The van der Waals surface area contributed by atoms with Crippen LogP contribution in [0.3, 0.4) is 0 Å². The van der Waals surface area contributed by atoms with E-state index in [1.165, 1.54) is 11.3 Å². The van der Waals surface area contributed by atoms with Crippen LogP contribution in [0.4, 0.5) is 0 Å². The van der Waals surface area contributed by atoms with Crippen molar-refractivity contribution in [1.29, 1.82) is 0 Å². The Bertz CT molecular complexity index is 1490. The van der Waals surface area contributed by atoms with E-state index in [9.17, 15) is 19.2 Å². The molecule has 55 heavy (non-hydrogen) atoms. The Labute approximate surface area is 333 Å². The van der Waals surface area contributed by atoms with Gasteiger partial charge in [0.05, 0.1) is 48.7 Å². The van der Waals surface area contributed by atoms with Gasteiger partial charge >= 0.3 is 0 Å². The largest absolute Gasteiger partial charge is 0.379 e. The van der Waals surface area contributed by atoms with Crippen LogP contribution < -0.4 is 16.4 Å². The lowest BCUT2D eigenvalue weighted by molar-refractivity contribution is -0.147. The highest BCUT2D eigenvalue weighted by Crippen LogP contribution is 2.30. The van der Waals surface area contributed by atoms with Crippen molar-refractivity contribution in [2.24, 2.45) is 23.5 Å². The van der Waals surface area contributed by atoms with Crippen LogP contribution in [0.25, 0.3) is 0 Å². The van der Waals surface area contributed by atoms with Crippen molar-refractivity contribution in [2.45, 2.75) is 122 Å². The van der Waals surface area contributed by atoms with Crippen molar-refractivity contribution in [3.8, 4) is 0 Å². The molecule has 0 spiro atoms. The number of likely N-dealkylation sites (tertiary alicyclic amines) is 1. The number of nitrogens with zero attached hydrogens (tertiary/aromatic N) is 4. The lowest BCUT2D eigenvalue weighted by Crippen LogP contribution is -2.62. The molecule has 4 N–H and O–H groups in total. The Morgan fingerprint density at radius 3 is 2.20 bits per heavy atom. The van der Waals surface area contributed by atoms with Gasteiger partial charge in [0.15, 0.2) is 0 Å². The van der Waals surface area contributed by atoms with Gasteiger partial charge in [-0.1, -0.05) is 71.4 Å². The Hall–Kier alpha value is -3.43. The maximum absolute atomic E-state index is 14.3. The van der Waals surface area contributed by atoms with Gasteiger partial charge in [-0.25, -0.2) is 4.98 Å². The number of aromatic nitrogens is 1. The van der Waals surface area contributed by atoms with E-state index in [1.807, 2.05) is 94.2 Å². The van der Waals surface area contributed by atoms with Crippen molar-refractivity contribution in [3.05, 3.63) is 52.5 Å². The van der Waals surface area contributed by atoms with Gasteiger partial charge in [0.1, 0.15) is 11.0 Å². The van der Waals surface area contributed by atoms with Crippen molar-refractivity contribution in [2.75, 3.05) is 41.9 Å². The molecular weight excluding hydrogens is 719 g/mol.